The van der Waals surface area contributed by atoms with Crippen LogP contribution >= 0.6 is 0 Å². The average molecular weight is 222 g/mol. The van der Waals surface area contributed by atoms with Crippen LogP contribution in [0.2, 0.25) is 0 Å². The highest BCUT2D eigenvalue weighted by molar-refractivity contribution is 5.92. The Bertz CT molecular complexity index is 353. The Morgan fingerprint density at radius 3 is 2.81 bits per heavy atom. The number of hydrogen-bond acceptors (Lipinski definition) is 3. The fourth-order valence-electron chi connectivity index (χ4n) is 1.49. The van der Waals surface area contributed by atoms with E-state index in [2.05, 4.69) is 4.98 Å². The van der Waals surface area contributed by atoms with E-state index in [1.165, 1.54) is 0 Å². The van der Waals surface area contributed by atoms with Crippen molar-refractivity contribution in [3.63, 3.8) is 0 Å². The number of rotatable bonds is 5. The molecule has 0 spiro atoms. The minimum absolute atomic E-state index is 0.0698. The van der Waals surface area contributed by atoms with Crippen molar-refractivity contribution in [2.75, 3.05) is 19.7 Å². The van der Waals surface area contributed by atoms with Crippen LogP contribution in [0, 0.1) is 6.92 Å². The first-order chi connectivity index (χ1) is 7.69. The molecule has 4 nitrogen and oxygen atoms in total. The summed E-state index contributed by atoms with van der Waals surface area (Å²) in [5.41, 5.74) is 1.31. The standard InChI is InChI=1S/C12H18N2O2/c1-3-14(8-5-9-15)12(16)11-7-4-6-10(2)13-11/h4,6-7,15H,3,5,8-9H2,1-2H3. The minimum atomic E-state index is -0.0698. The number of carbonyl (C=O) groups excluding carboxylic acids is 1. The number of aliphatic hydroxyl groups is 1. The number of aromatic nitrogens is 1. The summed E-state index contributed by atoms with van der Waals surface area (Å²) in [6.07, 6.45) is 0.603. The zero-order valence-electron chi connectivity index (χ0n) is 9.81. The maximum Gasteiger partial charge on any atom is 0.272 e. The molecule has 1 amide bonds. The second kappa shape index (κ2) is 6.23. The Morgan fingerprint density at radius 2 is 2.25 bits per heavy atom. The van der Waals surface area contributed by atoms with Crippen LogP contribution < -0.4 is 0 Å². The summed E-state index contributed by atoms with van der Waals surface area (Å²) < 4.78 is 0. The molecule has 0 aliphatic rings. The zero-order valence-corrected chi connectivity index (χ0v) is 9.81. The van der Waals surface area contributed by atoms with E-state index >= 15 is 0 Å². The molecule has 88 valence electrons. The number of carbonyl (C=O) groups is 1. The van der Waals surface area contributed by atoms with E-state index in [0.717, 1.165) is 5.69 Å². The number of aliphatic hydroxyl groups excluding tert-OH is 1. The van der Waals surface area contributed by atoms with Crippen molar-refractivity contribution in [1.29, 1.82) is 0 Å². The molecule has 0 atom stereocenters. The monoisotopic (exact) mass is 222 g/mol. The van der Waals surface area contributed by atoms with Crippen molar-refractivity contribution >= 4 is 5.91 Å². The molecule has 0 saturated heterocycles. The summed E-state index contributed by atoms with van der Waals surface area (Å²) >= 11 is 0. The lowest BCUT2D eigenvalue weighted by Gasteiger charge is -2.19. The molecule has 0 aromatic carbocycles. The van der Waals surface area contributed by atoms with Gasteiger partial charge in [0.1, 0.15) is 5.69 Å². The number of amides is 1. The number of hydrogen-bond donors (Lipinski definition) is 1. The van der Waals surface area contributed by atoms with Gasteiger partial charge in [-0.2, -0.15) is 0 Å². The molecular formula is C12H18N2O2. The first-order valence-corrected chi connectivity index (χ1v) is 5.52. The highest BCUT2D eigenvalue weighted by Gasteiger charge is 2.14. The summed E-state index contributed by atoms with van der Waals surface area (Å²) in [6, 6.07) is 5.41. The van der Waals surface area contributed by atoms with Crippen LogP contribution in [0.25, 0.3) is 0 Å². The molecule has 0 unspecified atom stereocenters. The fraction of sp³-hybridized carbons (Fsp3) is 0.500. The third-order valence-corrected chi connectivity index (χ3v) is 2.36. The number of pyridine rings is 1. The molecule has 1 aromatic rings. The van der Waals surface area contributed by atoms with Gasteiger partial charge in [0.2, 0.25) is 0 Å². The maximum atomic E-state index is 12.0. The van der Waals surface area contributed by atoms with E-state index in [9.17, 15) is 4.79 Å². The van der Waals surface area contributed by atoms with Crippen LogP contribution in [0.15, 0.2) is 18.2 Å². The van der Waals surface area contributed by atoms with Crippen LogP contribution in [0.3, 0.4) is 0 Å². The lowest BCUT2D eigenvalue weighted by atomic mass is 10.2. The zero-order chi connectivity index (χ0) is 12.0. The molecule has 0 bridgehead atoms. The van der Waals surface area contributed by atoms with Gasteiger partial charge in [-0.3, -0.25) is 4.79 Å². The van der Waals surface area contributed by atoms with Gasteiger partial charge in [-0.1, -0.05) is 6.07 Å². The van der Waals surface area contributed by atoms with E-state index in [4.69, 9.17) is 5.11 Å². The SMILES string of the molecule is CCN(CCCO)C(=O)c1cccc(C)n1. The van der Waals surface area contributed by atoms with Gasteiger partial charge in [-0.25, -0.2) is 4.98 Å². The molecule has 1 rings (SSSR count). The molecule has 0 aliphatic heterocycles. The quantitative estimate of drug-likeness (QED) is 0.815. The minimum Gasteiger partial charge on any atom is -0.396 e. The Balaban J connectivity index is 2.74. The molecule has 1 aromatic heterocycles. The normalized spacial score (nSPS) is 10.2. The van der Waals surface area contributed by atoms with Crippen molar-refractivity contribution in [1.82, 2.24) is 9.88 Å². The first kappa shape index (κ1) is 12.6. The summed E-state index contributed by atoms with van der Waals surface area (Å²) in [4.78, 5) is 17.9. The van der Waals surface area contributed by atoms with Crippen molar-refractivity contribution in [3.05, 3.63) is 29.6 Å². The van der Waals surface area contributed by atoms with Crippen LogP contribution in [0.5, 0.6) is 0 Å². The lowest BCUT2D eigenvalue weighted by molar-refractivity contribution is 0.0748. The largest absolute Gasteiger partial charge is 0.396 e. The lowest BCUT2D eigenvalue weighted by Crippen LogP contribution is -2.32. The predicted octanol–water partition coefficient (Wildman–Crippen LogP) is 1.23. The van der Waals surface area contributed by atoms with Gasteiger partial charge in [-0.05, 0) is 32.4 Å². The van der Waals surface area contributed by atoms with E-state index in [1.807, 2.05) is 26.0 Å². The fourth-order valence-corrected chi connectivity index (χ4v) is 1.49. The van der Waals surface area contributed by atoms with E-state index in [1.54, 1.807) is 11.0 Å². The number of aryl methyl sites for hydroxylation is 1. The molecule has 1 N–H and O–H groups in total. The molecule has 0 radical (unpaired) electrons. The van der Waals surface area contributed by atoms with Crippen molar-refractivity contribution in [3.8, 4) is 0 Å². The summed E-state index contributed by atoms with van der Waals surface area (Å²) in [5.74, 6) is -0.0698. The topological polar surface area (TPSA) is 53.4 Å². The average Bonchev–Trinajstić information content (AvgIpc) is 2.29. The third kappa shape index (κ3) is 3.31. The van der Waals surface area contributed by atoms with Crippen molar-refractivity contribution < 1.29 is 9.90 Å². The first-order valence-electron chi connectivity index (χ1n) is 5.52. The van der Waals surface area contributed by atoms with Crippen molar-refractivity contribution in [2.24, 2.45) is 0 Å². The Kier molecular flexibility index (Phi) is 4.92. The summed E-state index contributed by atoms with van der Waals surface area (Å²) in [5, 5.41) is 8.75. The highest BCUT2D eigenvalue weighted by Crippen LogP contribution is 2.04. The smallest absolute Gasteiger partial charge is 0.272 e. The molecular weight excluding hydrogens is 204 g/mol. The van der Waals surface area contributed by atoms with Gasteiger partial charge >= 0.3 is 0 Å². The highest BCUT2D eigenvalue weighted by atomic mass is 16.3. The summed E-state index contributed by atoms with van der Waals surface area (Å²) in [7, 11) is 0. The molecule has 4 heteroatoms. The van der Waals surface area contributed by atoms with Gasteiger partial charge in [0.05, 0.1) is 0 Å². The molecule has 0 saturated carbocycles. The Morgan fingerprint density at radius 1 is 1.50 bits per heavy atom. The summed E-state index contributed by atoms with van der Waals surface area (Å²) in [6.45, 7) is 5.09. The van der Waals surface area contributed by atoms with Gasteiger partial charge < -0.3 is 10.0 Å². The second-order valence-corrected chi connectivity index (χ2v) is 3.63. The Hall–Kier alpha value is -1.42. The Labute approximate surface area is 95.9 Å². The third-order valence-electron chi connectivity index (χ3n) is 2.36. The van der Waals surface area contributed by atoms with Gasteiger partial charge in [0, 0.05) is 25.4 Å². The second-order valence-electron chi connectivity index (χ2n) is 3.63. The van der Waals surface area contributed by atoms with Crippen LogP contribution in [0.4, 0.5) is 0 Å². The maximum absolute atomic E-state index is 12.0. The van der Waals surface area contributed by atoms with Crippen LogP contribution in [-0.2, 0) is 0 Å². The molecule has 1 heterocycles. The van der Waals surface area contributed by atoms with Crippen LogP contribution in [-0.4, -0.2) is 40.6 Å². The molecule has 16 heavy (non-hydrogen) atoms. The van der Waals surface area contributed by atoms with Gasteiger partial charge in [0.15, 0.2) is 0 Å². The van der Waals surface area contributed by atoms with Gasteiger partial charge in [-0.15, -0.1) is 0 Å². The van der Waals surface area contributed by atoms with E-state index in [-0.39, 0.29) is 12.5 Å². The number of nitrogens with zero attached hydrogens (tertiary/aromatic N) is 2. The molecule has 0 fully saturated rings. The van der Waals surface area contributed by atoms with Gasteiger partial charge in [0.25, 0.3) is 5.91 Å². The predicted molar refractivity (Wildman–Crippen MR) is 62.3 cm³/mol. The van der Waals surface area contributed by atoms with E-state index in [0.29, 0.717) is 25.2 Å². The molecule has 0 aliphatic carbocycles. The van der Waals surface area contributed by atoms with E-state index < -0.39 is 0 Å². The van der Waals surface area contributed by atoms with Crippen molar-refractivity contribution in [2.45, 2.75) is 20.3 Å². The van der Waals surface area contributed by atoms with Crippen LogP contribution in [0.1, 0.15) is 29.5 Å².